The van der Waals surface area contributed by atoms with Crippen LogP contribution in [0, 0.1) is 0 Å². The maximum atomic E-state index is 8.78. The molecule has 1 fully saturated rings. The molecule has 1 atom stereocenters. The summed E-state index contributed by atoms with van der Waals surface area (Å²) < 4.78 is 0. The van der Waals surface area contributed by atoms with Gasteiger partial charge in [-0.15, -0.1) is 0 Å². The third kappa shape index (κ3) is 5.80. The minimum Gasteiger partial charge on any atom is -0.395 e. The average molecular weight is 229 g/mol. The van der Waals surface area contributed by atoms with Gasteiger partial charge in [-0.1, -0.05) is 0 Å². The van der Waals surface area contributed by atoms with E-state index in [0.717, 1.165) is 13.1 Å². The molecule has 1 rings (SSSR count). The Morgan fingerprint density at radius 1 is 1.44 bits per heavy atom. The van der Waals surface area contributed by atoms with Crippen LogP contribution in [0.3, 0.4) is 0 Å². The molecule has 0 aromatic carbocycles. The molecule has 0 amide bonds. The Hall–Kier alpha value is -0.160. The van der Waals surface area contributed by atoms with E-state index in [1.807, 2.05) is 0 Å². The smallest absolute Gasteiger partial charge is 0.0556 e. The first-order valence-electron chi connectivity index (χ1n) is 6.43. The largest absolute Gasteiger partial charge is 0.395 e. The van der Waals surface area contributed by atoms with Crippen molar-refractivity contribution >= 4 is 0 Å². The summed E-state index contributed by atoms with van der Waals surface area (Å²) in [7, 11) is 4.25. The second kappa shape index (κ2) is 8.01. The van der Waals surface area contributed by atoms with Crippen molar-refractivity contribution in [1.82, 2.24) is 15.1 Å². The maximum Gasteiger partial charge on any atom is 0.0556 e. The molecular formula is C12H27N3O. The van der Waals surface area contributed by atoms with Crippen molar-refractivity contribution in [2.45, 2.75) is 25.3 Å². The van der Waals surface area contributed by atoms with Crippen molar-refractivity contribution in [2.75, 3.05) is 53.4 Å². The number of aliphatic hydroxyl groups excluding tert-OH is 1. The van der Waals surface area contributed by atoms with E-state index >= 15 is 0 Å². The Bertz CT molecular complexity index is 176. The van der Waals surface area contributed by atoms with E-state index in [0.29, 0.717) is 6.04 Å². The molecule has 1 saturated heterocycles. The lowest BCUT2D eigenvalue weighted by Crippen LogP contribution is -2.46. The summed E-state index contributed by atoms with van der Waals surface area (Å²) in [6.07, 6.45) is 3.79. The Morgan fingerprint density at radius 2 is 2.25 bits per heavy atom. The monoisotopic (exact) mass is 229 g/mol. The molecule has 0 spiro atoms. The molecular weight excluding hydrogens is 202 g/mol. The van der Waals surface area contributed by atoms with E-state index in [-0.39, 0.29) is 6.61 Å². The molecule has 4 nitrogen and oxygen atoms in total. The van der Waals surface area contributed by atoms with Crippen LogP contribution in [0.5, 0.6) is 0 Å². The molecule has 0 radical (unpaired) electrons. The molecule has 0 bridgehead atoms. The molecule has 1 aliphatic heterocycles. The fourth-order valence-electron chi connectivity index (χ4n) is 2.30. The molecule has 16 heavy (non-hydrogen) atoms. The first-order valence-corrected chi connectivity index (χ1v) is 6.43. The van der Waals surface area contributed by atoms with Crippen molar-refractivity contribution in [1.29, 1.82) is 0 Å². The lowest BCUT2D eigenvalue weighted by atomic mass is 10.1. The van der Waals surface area contributed by atoms with Gasteiger partial charge in [0, 0.05) is 19.1 Å². The second-order valence-electron chi connectivity index (χ2n) is 4.97. The average Bonchev–Trinajstić information content (AvgIpc) is 2.26. The number of nitrogens with one attached hydrogen (secondary N) is 1. The van der Waals surface area contributed by atoms with Crippen LogP contribution in [-0.4, -0.2) is 74.4 Å². The molecule has 0 saturated carbocycles. The highest BCUT2D eigenvalue weighted by Gasteiger charge is 2.18. The predicted molar refractivity (Wildman–Crippen MR) is 67.7 cm³/mol. The normalized spacial score (nSPS) is 22.9. The van der Waals surface area contributed by atoms with Gasteiger partial charge in [0.15, 0.2) is 0 Å². The van der Waals surface area contributed by atoms with Gasteiger partial charge < -0.3 is 20.2 Å². The molecule has 4 heteroatoms. The van der Waals surface area contributed by atoms with Gasteiger partial charge in [0.05, 0.1) is 6.61 Å². The molecule has 0 aromatic rings. The van der Waals surface area contributed by atoms with E-state index in [1.165, 1.54) is 38.9 Å². The van der Waals surface area contributed by atoms with Gasteiger partial charge in [-0.3, -0.25) is 0 Å². The quantitative estimate of drug-likeness (QED) is 0.644. The van der Waals surface area contributed by atoms with Crippen LogP contribution in [0.15, 0.2) is 0 Å². The SMILES string of the molecule is CN(C)CCCN1CCCC(NCCO)C1. The van der Waals surface area contributed by atoms with Gasteiger partial charge in [-0.2, -0.15) is 0 Å². The van der Waals surface area contributed by atoms with Crippen LogP contribution >= 0.6 is 0 Å². The van der Waals surface area contributed by atoms with E-state index in [9.17, 15) is 0 Å². The van der Waals surface area contributed by atoms with Crippen molar-refractivity contribution in [3.05, 3.63) is 0 Å². The third-order valence-electron chi connectivity index (χ3n) is 3.13. The molecule has 1 aliphatic rings. The first-order chi connectivity index (χ1) is 7.72. The Labute approximate surface area is 99.6 Å². The van der Waals surface area contributed by atoms with Crippen LogP contribution in [-0.2, 0) is 0 Å². The summed E-state index contributed by atoms with van der Waals surface area (Å²) in [6.45, 7) is 5.74. The molecule has 0 aromatic heterocycles. The van der Waals surface area contributed by atoms with Gasteiger partial charge in [-0.05, 0) is 53.0 Å². The number of rotatable bonds is 7. The first kappa shape index (κ1) is 13.9. The Balaban J connectivity index is 2.12. The topological polar surface area (TPSA) is 38.7 Å². The summed E-state index contributed by atoms with van der Waals surface area (Å²) in [5.41, 5.74) is 0. The summed E-state index contributed by atoms with van der Waals surface area (Å²) in [5, 5.41) is 12.2. The lowest BCUT2D eigenvalue weighted by molar-refractivity contribution is 0.177. The zero-order valence-corrected chi connectivity index (χ0v) is 10.8. The van der Waals surface area contributed by atoms with Gasteiger partial charge in [0.1, 0.15) is 0 Å². The number of hydrogen-bond donors (Lipinski definition) is 2. The summed E-state index contributed by atoms with van der Waals surface area (Å²) in [4.78, 5) is 4.79. The van der Waals surface area contributed by atoms with Crippen LogP contribution in [0.25, 0.3) is 0 Å². The van der Waals surface area contributed by atoms with Gasteiger partial charge in [-0.25, -0.2) is 0 Å². The third-order valence-corrected chi connectivity index (χ3v) is 3.13. The summed E-state index contributed by atoms with van der Waals surface area (Å²) in [6, 6.07) is 0.584. The van der Waals surface area contributed by atoms with Gasteiger partial charge in [0.25, 0.3) is 0 Å². The Morgan fingerprint density at radius 3 is 2.94 bits per heavy atom. The minimum absolute atomic E-state index is 0.247. The Kier molecular flexibility index (Phi) is 6.96. The van der Waals surface area contributed by atoms with E-state index in [1.54, 1.807) is 0 Å². The van der Waals surface area contributed by atoms with Crippen molar-refractivity contribution in [2.24, 2.45) is 0 Å². The second-order valence-corrected chi connectivity index (χ2v) is 4.97. The minimum atomic E-state index is 0.247. The molecule has 0 aliphatic carbocycles. The van der Waals surface area contributed by atoms with E-state index < -0.39 is 0 Å². The number of aliphatic hydroxyl groups is 1. The molecule has 1 unspecified atom stereocenters. The van der Waals surface area contributed by atoms with Crippen LogP contribution in [0.1, 0.15) is 19.3 Å². The number of likely N-dealkylation sites (tertiary alicyclic amines) is 1. The number of piperidine rings is 1. The highest BCUT2D eigenvalue weighted by molar-refractivity contribution is 4.77. The fourth-order valence-corrected chi connectivity index (χ4v) is 2.30. The van der Waals surface area contributed by atoms with Crippen molar-refractivity contribution in [3.63, 3.8) is 0 Å². The highest BCUT2D eigenvalue weighted by atomic mass is 16.3. The highest BCUT2D eigenvalue weighted by Crippen LogP contribution is 2.10. The maximum absolute atomic E-state index is 8.78. The molecule has 2 N–H and O–H groups in total. The predicted octanol–water partition coefficient (Wildman–Crippen LogP) is -0.0156. The summed E-state index contributed by atoms with van der Waals surface area (Å²) >= 11 is 0. The zero-order chi connectivity index (χ0) is 11.8. The zero-order valence-electron chi connectivity index (χ0n) is 10.8. The molecule has 1 heterocycles. The van der Waals surface area contributed by atoms with E-state index in [4.69, 9.17) is 5.11 Å². The van der Waals surface area contributed by atoms with Gasteiger partial charge in [0.2, 0.25) is 0 Å². The van der Waals surface area contributed by atoms with Crippen LogP contribution < -0.4 is 5.32 Å². The van der Waals surface area contributed by atoms with Crippen molar-refractivity contribution < 1.29 is 5.11 Å². The van der Waals surface area contributed by atoms with Gasteiger partial charge >= 0.3 is 0 Å². The lowest BCUT2D eigenvalue weighted by Gasteiger charge is -2.33. The van der Waals surface area contributed by atoms with E-state index in [2.05, 4.69) is 29.2 Å². The van der Waals surface area contributed by atoms with Crippen molar-refractivity contribution in [3.8, 4) is 0 Å². The van der Waals surface area contributed by atoms with Crippen LogP contribution in [0.4, 0.5) is 0 Å². The summed E-state index contributed by atoms with van der Waals surface area (Å²) in [5.74, 6) is 0. The number of nitrogens with zero attached hydrogens (tertiary/aromatic N) is 2. The number of hydrogen-bond acceptors (Lipinski definition) is 4. The van der Waals surface area contributed by atoms with Crippen LogP contribution in [0.2, 0.25) is 0 Å². The fraction of sp³-hybridized carbons (Fsp3) is 1.00. The standard InChI is InChI=1S/C12H27N3O/c1-14(2)7-4-9-15-8-3-5-12(11-15)13-6-10-16/h12-13,16H,3-11H2,1-2H3. The molecule has 96 valence electrons.